The Balaban J connectivity index is 1.07. The van der Waals surface area contributed by atoms with Crippen LogP contribution in [0.4, 0.5) is 22.7 Å². The highest BCUT2D eigenvalue weighted by atomic mass is 15.2. The molecule has 0 amide bonds. The molecule has 6 aromatic rings. The number of rotatable bonds is 7. The van der Waals surface area contributed by atoms with Gasteiger partial charge in [0.1, 0.15) is 0 Å². The van der Waals surface area contributed by atoms with Crippen LogP contribution in [0.2, 0.25) is 0 Å². The average Bonchev–Trinajstić information content (AvgIpc) is 3.80. The van der Waals surface area contributed by atoms with E-state index in [4.69, 9.17) is 0 Å². The number of nitrogens with zero attached hydrogens (tertiary/aromatic N) is 2. The molecule has 294 valence electrons. The van der Waals surface area contributed by atoms with Crippen LogP contribution in [0.25, 0.3) is 27.5 Å². The number of anilines is 4. The standard InChI is InChI=1S/C59H48N2/c1-4-20-41(21-5-1)47-29-14-17-35-56(47)61(44-26-8-3-9-27-44)57-37-19-34-53-58(57)50-31-13-16-33-52(50)59(53)51-32-15-12-30-48(51)49-39-38-45(40-54(49)59)60(43-24-6-2-7-25-43)55-36-18-23-42-22-10-11-28-46(42)55/h2-4,6-15,17-24,26-32,34-40,43,53,58H,1,5,16,25,33H2. The zero-order valence-corrected chi connectivity index (χ0v) is 34.4. The van der Waals surface area contributed by atoms with Crippen LogP contribution in [0.1, 0.15) is 48.8 Å². The van der Waals surface area contributed by atoms with Crippen molar-refractivity contribution in [3.63, 3.8) is 0 Å². The van der Waals surface area contributed by atoms with Crippen molar-refractivity contribution >= 4 is 39.1 Å². The number of hydrogen-bond donors (Lipinski definition) is 0. The monoisotopic (exact) mass is 784 g/mol. The second-order valence-electron chi connectivity index (χ2n) is 17.2. The molecule has 6 aliphatic rings. The molecule has 4 atom stereocenters. The number of fused-ring (bicyclic) bond motifs is 10. The lowest BCUT2D eigenvalue weighted by atomic mass is 9.63. The van der Waals surface area contributed by atoms with Crippen molar-refractivity contribution in [2.45, 2.75) is 43.6 Å². The fourth-order valence-electron chi connectivity index (χ4n) is 11.8. The first kappa shape index (κ1) is 36.0. The molecule has 6 aromatic carbocycles. The molecule has 61 heavy (non-hydrogen) atoms. The second kappa shape index (κ2) is 14.7. The van der Waals surface area contributed by atoms with Gasteiger partial charge in [0.25, 0.3) is 0 Å². The van der Waals surface area contributed by atoms with Crippen LogP contribution in [0, 0.1) is 11.8 Å². The Kier molecular flexibility index (Phi) is 8.66. The molecule has 0 aliphatic heterocycles. The summed E-state index contributed by atoms with van der Waals surface area (Å²) in [6.45, 7) is 0. The number of hydrogen-bond acceptors (Lipinski definition) is 2. The highest BCUT2D eigenvalue weighted by Crippen LogP contribution is 2.68. The second-order valence-corrected chi connectivity index (χ2v) is 17.2. The molecule has 0 bridgehead atoms. The van der Waals surface area contributed by atoms with Crippen molar-refractivity contribution in [1.29, 1.82) is 0 Å². The minimum Gasteiger partial charge on any atom is -0.334 e. The fourth-order valence-corrected chi connectivity index (χ4v) is 11.8. The smallest absolute Gasteiger partial charge is 0.0560 e. The molecule has 0 aromatic heterocycles. The average molecular weight is 785 g/mol. The van der Waals surface area contributed by atoms with Gasteiger partial charge in [0, 0.05) is 45.5 Å². The normalized spacial score (nSPS) is 22.8. The summed E-state index contributed by atoms with van der Waals surface area (Å²) in [5.41, 5.74) is 17.2. The molecule has 0 N–H and O–H groups in total. The molecule has 0 saturated carbocycles. The molecule has 2 heteroatoms. The Morgan fingerprint density at radius 3 is 2.23 bits per heavy atom. The van der Waals surface area contributed by atoms with Crippen LogP contribution in [0.5, 0.6) is 0 Å². The van der Waals surface area contributed by atoms with E-state index in [0.717, 1.165) is 32.1 Å². The summed E-state index contributed by atoms with van der Waals surface area (Å²) >= 11 is 0. The summed E-state index contributed by atoms with van der Waals surface area (Å²) in [5.74, 6) is 0.317. The summed E-state index contributed by atoms with van der Waals surface area (Å²) in [6, 6.07) is 52.8. The number of para-hydroxylation sites is 2. The van der Waals surface area contributed by atoms with Crippen LogP contribution in [0.3, 0.4) is 0 Å². The van der Waals surface area contributed by atoms with Crippen LogP contribution in [0.15, 0.2) is 229 Å². The molecule has 4 unspecified atom stereocenters. The Morgan fingerprint density at radius 2 is 1.34 bits per heavy atom. The van der Waals surface area contributed by atoms with Crippen molar-refractivity contribution in [2.24, 2.45) is 11.8 Å². The van der Waals surface area contributed by atoms with Crippen LogP contribution < -0.4 is 9.80 Å². The van der Waals surface area contributed by atoms with E-state index in [2.05, 4.69) is 222 Å². The quantitative estimate of drug-likeness (QED) is 0.159. The van der Waals surface area contributed by atoms with Crippen molar-refractivity contribution in [2.75, 3.05) is 9.80 Å². The third-order valence-corrected chi connectivity index (χ3v) is 14.2. The Labute approximate surface area is 359 Å². The largest absolute Gasteiger partial charge is 0.334 e. The van der Waals surface area contributed by atoms with Crippen molar-refractivity contribution in [1.82, 2.24) is 0 Å². The van der Waals surface area contributed by atoms with Gasteiger partial charge in [-0.1, -0.05) is 176 Å². The maximum Gasteiger partial charge on any atom is 0.0560 e. The minimum absolute atomic E-state index is 0.143. The van der Waals surface area contributed by atoms with Crippen molar-refractivity contribution < 1.29 is 0 Å². The lowest BCUT2D eigenvalue weighted by molar-refractivity contribution is 0.411. The fraction of sp³-hybridized carbons (Fsp3) is 0.153. The SMILES string of the molecule is C1=CCC(N(c2ccc3c(c2)C2(C4=C(C=CCC4)C4C(N(c5ccccc5)c5ccccc5C5=CCCC=C5)=CC=CC42)c2ccccc2-3)c2cccc3ccccc23)C=C1. The maximum atomic E-state index is 2.62. The van der Waals surface area contributed by atoms with E-state index in [-0.39, 0.29) is 23.3 Å². The van der Waals surface area contributed by atoms with Gasteiger partial charge in [-0.3, -0.25) is 0 Å². The molecule has 2 nitrogen and oxygen atoms in total. The summed E-state index contributed by atoms with van der Waals surface area (Å²) in [6.07, 6.45) is 33.7. The lowest BCUT2D eigenvalue weighted by Crippen LogP contribution is -2.38. The molecular weight excluding hydrogens is 737 g/mol. The van der Waals surface area contributed by atoms with E-state index in [1.54, 1.807) is 5.57 Å². The van der Waals surface area contributed by atoms with Gasteiger partial charge in [-0.2, -0.15) is 0 Å². The summed E-state index contributed by atoms with van der Waals surface area (Å²) in [7, 11) is 0. The molecule has 6 aliphatic carbocycles. The summed E-state index contributed by atoms with van der Waals surface area (Å²) < 4.78 is 0. The molecular formula is C59H48N2. The summed E-state index contributed by atoms with van der Waals surface area (Å²) in [5, 5.41) is 2.54. The van der Waals surface area contributed by atoms with E-state index in [1.165, 1.54) is 78.2 Å². The zero-order valence-electron chi connectivity index (χ0n) is 34.4. The van der Waals surface area contributed by atoms with Crippen LogP contribution in [-0.2, 0) is 5.41 Å². The Morgan fingerprint density at radius 1 is 0.557 bits per heavy atom. The summed E-state index contributed by atoms with van der Waals surface area (Å²) in [4.78, 5) is 5.21. The van der Waals surface area contributed by atoms with Crippen LogP contribution >= 0.6 is 0 Å². The van der Waals surface area contributed by atoms with Gasteiger partial charge >= 0.3 is 0 Å². The molecule has 12 rings (SSSR count). The first-order chi connectivity index (χ1) is 30.3. The van der Waals surface area contributed by atoms with E-state index in [9.17, 15) is 0 Å². The van der Waals surface area contributed by atoms with Gasteiger partial charge in [0.2, 0.25) is 0 Å². The number of allylic oxidation sites excluding steroid dienone is 13. The first-order valence-corrected chi connectivity index (χ1v) is 22.2. The molecule has 0 saturated heterocycles. The predicted molar refractivity (Wildman–Crippen MR) is 256 cm³/mol. The molecule has 1 spiro atoms. The number of benzene rings is 6. The van der Waals surface area contributed by atoms with Crippen molar-refractivity contribution in [3.05, 3.63) is 246 Å². The lowest BCUT2D eigenvalue weighted by Gasteiger charge is -2.42. The van der Waals surface area contributed by atoms with E-state index >= 15 is 0 Å². The van der Waals surface area contributed by atoms with Crippen LogP contribution in [-0.4, -0.2) is 6.04 Å². The van der Waals surface area contributed by atoms with E-state index in [0.29, 0.717) is 0 Å². The predicted octanol–water partition coefficient (Wildman–Crippen LogP) is 15.0. The first-order valence-electron chi connectivity index (χ1n) is 22.2. The highest BCUT2D eigenvalue weighted by molar-refractivity contribution is 5.97. The van der Waals surface area contributed by atoms with E-state index in [1.807, 2.05) is 0 Å². The third kappa shape index (κ3) is 5.55. The Bertz CT molecular complexity index is 2980. The van der Waals surface area contributed by atoms with Gasteiger partial charge in [-0.05, 0) is 113 Å². The molecule has 0 heterocycles. The van der Waals surface area contributed by atoms with Gasteiger partial charge in [-0.15, -0.1) is 0 Å². The van der Waals surface area contributed by atoms with Gasteiger partial charge in [0.15, 0.2) is 0 Å². The highest BCUT2D eigenvalue weighted by Gasteiger charge is 2.59. The molecule has 0 fully saturated rings. The minimum atomic E-state index is -0.327. The van der Waals surface area contributed by atoms with Gasteiger partial charge in [0.05, 0.1) is 17.1 Å². The topological polar surface area (TPSA) is 6.48 Å². The maximum absolute atomic E-state index is 2.62. The van der Waals surface area contributed by atoms with Gasteiger partial charge < -0.3 is 9.80 Å². The van der Waals surface area contributed by atoms with Gasteiger partial charge in [-0.25, -0.2) is 0 Å². The van der Waals surface area contributed by atoms with E-state index < -0.39 is 0 Å². The zero-order chi connectivity index (χ0) is 40.3. The van der Waals surface area contributed by atoms with Crippen molar-refractivity contribution in [3.8, 4) is 11.1 Å². The third-order valence-electron chi connectivity index (χ3n) is 14.2. The Hall–Kier alpha value is -6.90. The molecule has 0 radical (unpaired) electrons.